The molecule has 0 radical (unpaired) electrons. The lowest BCUT2D eigenvalue weighted by atomic mass is 9.87. The van der Waals surface area contributed by atoms with Gasteiger partial charge >= 0.3 is 0 Å². The fourth-order valence-corrected chi connectivity index (χ4v) is 2.05. The van der Waals surface area contributed by atoms with E-state index in [9.17, 15) is 4.79 Å². The molecule has 0 saturated carbocycles. The molecule has 18 heavy (non-hydrogen) atoms. The standard InChI is InChI=1S/C14H21ClN2O/c1-14(2,8-9-16)13(18)17(3)10-11-4-6-12(15)7-5-11/h4-7H,8-10,16H2,1-3H3. The number of rotatable bonds is 5. The molecule has 0 unspecified atom stereocenters. The molecular weight excluding hydrogens is 248 g/mol. The van der Waals surface area contributed by atoms with Gasteiger partial charge < -0.3 is 10.6 Å². The summed E-state index contributed by atoms with van der Waals surface area (Å²) in [6, 6.07) is 7.53. The summed E-state index contributed by atoms with van der Waals surface area (Å²) < 4.78 is 0. The fraction of sp³-hybridized carbons (Fsp3) is 0.500. The molecule has 1 aromatic rings. The van der Waals surface area contributed by atoms with Crippen LogP contribution in [0.4, 0.5) is 0 Å². The van der Waals surface area contributed by atoms with Crippen LogP contribution in [0.2, 0.25) is 5.02 Å². The van der Waals surface area contributed by atoms with E-state index in [0.29, 0.717) is 24.5 Å². The molecule has 0 atom stereocenters. The summed E-state index contributed by atoms with van der Waals surface area (Å²) in [6.45, 7) is 4.97. The average molecular weight is 269 g/mol. The number of hydrogen-bond donors (Lipinski definition) is 1. The largest absolute Gasteiger partial charge is 0.341 e. The summed E-state index contributed by atoms with van der Waals surface area (Å²) >= 11 is 5.83. The maximum Gasteiger partial charge on any atom is 0.228 e. The Morgan fingerprint density at radius 1 is 1.33 bits per heavy atom. The zero-order chi connectivity index (χ0) is 13.8. The molecule has 0 aromatic heterocycles. The minimum atomic E-state index is -0.407. The first-order valence-electron chi connectivity index (χ1n) is 6.07. The molecule has 0 aliphatic heterocycles. The molecule has 0 bridgehead atoms. The number of nitrogens with zero attached hydrogens (tertiary/aromatic N) is 1. The van der Waals surface area contributed by atoms with Crippen molar-refractivity contribution in [3.63, 3.8) is 0 Å². The third-order valence-corrected chi connectivity index (χ3v) is 3.28. The van der Waals surface area contributed by atoms with Crippen molar-refractivity contribution in [1.29, 1.82) is 0 Å². The van der Waals surface area contributed by atoms with Gasteiger partial charge in [-0.05, 0) is 30.7 Å². The summed E-state index contributed by atoms with van der Waals surface area (Å²) in [6.07, 6.45) is 0.691. The van der Waals surface area contributed by atoms with Crippen LogP contribution in [-0.4, -0.2) is 24.4 Å². The SMILES string of the molecule is CN(Cc1ccc(Cl)cc1)C(=O)C(C)(C)CCN. The molecule has 0 aliphatic carbocycles. The molecule has 1 rings (SSSR count). The lowest BCUT2D eigenvalue weighted by Gasteiger charge is -2.29. The molecule has 4 heteroatoms. The van der Waals surface area contributed by atoms with Crippen LogP contribution in [-0.2, 0) is 11.3 Å². The van der Waals surface area contributed by atoms with Crippen molar-refractivity contribution in [3.05, 3.63) is 34.9 Å². The third kappa shape index (κ3) is 4.00. The number of carbonyl (C=O) groups excluding carboxylic acids is 1. The second-order valence-electron chi connectivity index (χ2n) is 5.21. The van der Waals surface area contributed by atoms with Crippen molar-refractivity contribution in [2.24, 2.45) is 11.1 Å². The Morgan fingerprint density at radius 3 is 2.39 bits per heavy atom. The van der Waals surface area contributed by atoms with Crippen LogP contribution in [0.3, 0.4) is 0 Å². The highest BCUT2D eigenvalue weighted by atomic mass is 35.5. The van der Waals surface area contributed by atoms with Crippen LogP contribution in [0.5, 0.6) is 0 Å². The van der Waals surface area contributed by atoms with Crippen molar-refractivity contribution < 1.29 is 4.79 Å². The molecule has 0 saturated heterocycles. The van der Waals surface area contributed by atoms with Crippen molar-refractivity contribution >= 4 is 17.5 Å². The fourth-order valence-electron chi connectivity index (χ4n) is 1.92. The van der Waals surface area contributed by atoms with Gasteiger partial charge in [0.25, 0.3) is 0 Å². The maximum atomic E-state index is 12.3. The summed E-state index contributed by atoms with van der Waals surface area (Å²) in [5.74, 6) is 0.114. The van der Waals surface area contributed by atoms with Crippen LogP contribution in [0.15, 0.2) is 24.3 Å². The Hall–Kier alpha value is -1.06. The molecule has 3 nitrogen and oxygen atoms in total. The topological polar surface area (TPSA) is 46.3 Å². The van der Waals surface area contributed by atoms with Gasteiger partial charge in [0.05, 0.1) is 0 Å². The lowest BCUT2D eigenvalue weighted by molar-refractivity contribution is -0.139. The van der Waals surface area contributed by atoms with Crippen LogP contribution in [0, 0.1) is 5.41 Å². The van der Waals surface area contributed by atoms with Gasteiger partial charge in [0.1, 0.15) is 0 Å². The molecule has 2 N–H and O–H groups in total. The van der Waals surface area contributed by atoms with E-state index in [1.54, 1.807) is 4.90 Å². The Balaban J connectivity index is 2.67. The molecule has 0 fully saturated rings. The smallest absolute Gasteiger partial charge is 0.228 e. The van der Waals surface area contributed by atoms with Gasteiger partial charge in [-0.15, -0.1) is 0 Å². The number of hydrogen-bond acceptors (Lipinski definition) is 2. The summed E-state index contributed by atoms with van der Waals surface area (Å²) in [4.78, 5) is 14.0. The zero-order valence-corrected chi connectivity index (χ0v) is 12.0. The Bertz CT molecular complexity index is 401. The number of carbonyl (C=O) groups is 1. The van der Waals surface area contributed by atoms with E-state index < -0.39 is 5.41 Å². The summed E-state index contributed by atoms with van der Waals surface area (Å²) in [5, 5.41) is 0.705. The highest BCUT2D eigenvalue weighted by Crippen LogP contribution is 2.23. The zero-order valence-electron chi connectivity index (χ0n) is 11.2. The van der Waals surface area contributed by atoms with E-state index in [1.807, 2.05) is 45.2 Å². The minimum absolute atomic E-state index is 0.114. The maximum absolute atomic E-state index is 12.3. The molecular formula is C14H21ClN2O. The number of amides is 1. The highest BCUT2D eigenvalue weighted by molar-refractivity contribution is 6.30. The number of benzene rings is 1. The quantitative estimate of drug-likeness (QED) is 0.892. The van der Waals surface area contributed by atoms with Crippen molar-refractivity contribution in [3.8, 4) is 0 Å². The van der Waals surface area contributed by atoms with Crippen molar-refractivity contribution in [2.75, 3.05) is 13.6 Å². The van der Waals surface area contributed by atoms with Gasteiger partial charge in [-0.2, -0.15) is 0 Å². The third-order valence-electron chi connectivity index (χ3n) is 3.03. The molecule has 0 heterocycles. The Labute approximate surface area is 114 Å². The Morgan fingerprint density at radius 2 is 1.89 bits per heavy atom. The Kier molecular flexibility index (Phi) is 5.17. The van der Waals surface area contributed by atoms with Gasteiger partial charge in [-0.25, -0.2) is 0 Å². The van der Waals surface area contributed by atoms with Crippen LogP contribution in [0.1, 0.15) is 25.8 Å². The van der Waals surface area contributed by atoms with Gasteiger partial charge in [-0.3, -0.25) is 4.79 Å². The van der Waals surface area contributed by atoms with E-state index in [4.69, 9.17) is 17.3 Å². The molecule has 0 aliphatic rings. The molecule has 0 spiro atoms. The predicted octanol–water partition coefficient (Wildman–Crippen LogP) is 2.67. The van der Waals surface area contributed by atoms with E-state index >= 15 is 0 Å². The normalized spacial score (nSPS) is 11.4. The summed E-state index contributed by atoms with van der Waals surface area (Å²) in [5.41, 5.74) is 6.20. The first kappa shape index (κ1) is 15.0. The van der Waals surface area contributed by atoms with E-state index in [1.165, 1.54) is 0 Å². The van der Waals surface area contributed by atoms with E-state index in [-0.39, 0.29) is 5.91 Å². The van der Waals surface area contributed by atoms with Gasteiger partial charge in [0.2, 0.25) is 5.91 Å². The van der Waals surface area contributed by atoms with Crippen LogP contribution >= 0.6 is 11.6 Å². The first-order valence-corrected chi connectivity index (χ1v) is 6.44. The van der Waals surface area contributed by atoms with Crippen molar-refractivity contribution in [2.45, 2.75) is 26.8 Å². The monoisotopic (exact) mass is 268 g/mol. The summed E-state index contributed by atoms with van der Waals surface area (Å²) in [7, 11) is 1.81. The van der Waals surface area contributed by atoms with E-state index in [2.05, 4.69) is 0 Å². The van der Waals surface area contributed by atoms with Gasteiger partial charge in [0, 0.05) is 24.0 Å². The predicted molar refractivity (Wildman–Crippen MR) is 75.4 cm³/mol. The van der Waals surface area contributed by atoms with Gasteiger partial charge in [-0.1, -0.05) is 37.6 Å². The second-order valence-corrected chi connectivity index (χ2v) is 5.65. The number of nitrogens with two attached hydrogens (primary N) is 1. The molecule has 100 valence electrons. The molecule has 1 aromatic carbocycles. The van der Waals surface area contributed by atoms with Crippen LogP contribution < -0.4 is 5.73 Å². The van der Waals surface area contributed by atoms with Crippen molar-refractivity contribution in [1.82, 2.24) is 4.90 Å². The number of halogens is 1. The second kappa shape index (κ2) is 6.21. The first-order chi connectivity index (χ1) is 8.36. The van der Waals surface area contributed by atoms with Crippen LogP contribution in [0.25, 0.3) is 0 Å². The lowest BCUT2D eigenvalue weighted by Crippen LogP contribution is -2.39. The molecule has 1 amide bonds. The van der Waals surface area contributed by atoms with E-state index in [0.717, 1.165) is 5.56 Å². The van der Waals surface area contributed by atoms with Gasteiger partial charge in [0.15, 0.2) is 0 Å². The minimum Gasteiger partial charge on any atom is -0.341 e. The average Bonchev–Trinajstić information content (AvgIpc) is 2.31. The highest BCUT2D eigenvalue weighted by Gasteiger charge is 2.29.